The predicted octanol–water partition coefficient (Wildman–Crippen LogP) is 4.87. The van der Waals surface area contributed by atoms with E-state index in [9.17, 15) is 5.11 Å². The Labute approximate surface area is 114 Å². The average Bonchev–Trinajstić information content (AvgIpc) is 2.23. The van der Waals surface area contributed by atoms with Gasteiger partial charge in [0.25, 0.3) is 0 Å². The Bertz CT molecular complexity index is 357. The fourth-order valence-electron chi connectivity index (χ4n) is 2.25. The van der Waals surface area contributed by atoms with Crippen molar-refractivity contribution in [2.24, 2.45) is 0 Å². The van der Waals surface area contributed by atoms with E-state index in [1.165, 1.54) is 0 Å². The lowest BCUT2D eigenvalue weighted by Gasteiger charge is -2.28. The van der Waals surface area contributed by atoms with Gasteiger partial charge in [-0.05, 0) is 30.5 Å². The Morgan fingerprint density at radius 1 is 1.12 bits per heavy atom. The van der Waals surface area contributed by atoms with Crippen LogP contribution in [-0.2, 0) is 6.42 Å². The van der Waals surface area contributed by atoms with E-state index in [-0.39, 0.29) is 0 Å². The Hall–Kier alpha value is -0.240. The number of halogens is 2. The van der Waals surface area contributed by atoms with Crippen LogP contribution in [0.3, 0.4) is 0 Å². The molecule has 0 aliphatic rings. The van der Waals surface area contributed by atoms with Crippen LogP contribution in [0.5, 0.6) is 0 Å². The van der Waals surface area contributed by atoms with Gasteiger partial charge in [0.05, 0.1) is 5.60 Å². The molecule has 0 fully saturated rings. The van der Waals surface area contributed by atoms with Crippen molar-refractivity contribution in [3.8, 4) is 0 Å². The van der Waals surface area contributed by atoms with Gasteiger partial charge in [-0.25, -0.2) is 0 Å². The van der Waals surface area contributed by atoms with E-state index >= 15 is 0 Å². The zero-order valence-electron chi connectivity index (χ0n) is 10.5. The molecular formula is C14H20Cl2O. The largest absolute Gasteiger partial charge is 0.390 e. The van der Waals surface area contributed by atoms with Crippen molar-refractivity contribution in [3.05, 3.63) is 33.8 Å². The molecule has 0 aliphatic carbocycles. The summed E-state index contributed by atoms with van der Waals surface area (Å²) in [5, 5.41) is 11.8. The summed E-state index contributed by atoms with van der Waals surface area (Å²) in [5.74, 6) is 0. The molecule has 0 saturated carbocycles. The van der Waals surface area contributed by atoms with E-state index in [0.29, 0.717) is 16.5 Å². The molecule has 0 bridgehead atoms. The predicted molar refractivity (Wildman–Crippen MR) is 74.9 cm³/mol. The maximum Gasteiger partial charge on any atom is 0.0688 e. The zero-order valence-corrected chi connectivity index (χ0v) is 12.0. The maximum absolute atomic E-state index is 10.6. The summed E-state index contributed by atoms with van der Waals surface area (Å²) in [6, 6.07) is 5.46. The van der Waals surface area contributed by atoms with Crippen molar-refractivity contribution in [2.75, 3.05) is 0 Å². The van der Waals surface area contributed by atoms with Crippen LogP contribution in [0.25, 0.3) is 0 Å². The molecule has 1 aromatic rings. The highest BCUT2D eigenvalue weighted by molar-refractivity contribution is 6.35. The summed E-state index contributed by atoms with van der Waals surface area (Å²) < 4.78 is 0. The minimum Gasteiger partial charge on any atom is -0.390 e. The van der Waals surface area contributed by atoms with Gasteiger partial charge >= 0.3 is 0 Å². The summed E-state index contributed by atoms with van der Waals surface area (Å²) in [6.45, 7) is 4.17. The van der Waals surface area contributed by atoms with Crippen LogP contribution >= 0.6 is 23.2 Å². The highest BCUT2D eigenvalue weighted by Crippen LogP contribution is 2.29. The molecule has 1 aromatic carbocycles. The molecule has 1 nitrogen and oxygen atoms in total. The molecule has 96 valence electrons. The maximum atomic E-state index is 10.6. The second-order valence-electron chi connectivity index (χ2n) is 4.64. The minimum atomic E-state index is -0.638. The number of rotatable bonds is 6. The zero-order chi connectivity index (χ0) is 12.9. The van der Waals surface area contributed by atoms with Gasteiger partial charge in [0.2, 0.25) is 0 Å². The summed E-state index contributed by atoms with van der Waals surface area (Å²) in [6.07, 6.45) is 4.16. The van der Waals surface area contributed by atoms with Crippen molar-refractivity contribution < 1.29 is 5.11 Å². The van der Waals surface area contributed by atoms with Gasteiger partial charge in [0.15, 0.2) is 0 Å². The smallest absolute Gasteiger partial charge is 0.0688 e. The first-order chi connectivity index (χ1) is 8.00. The van der Waals surface area contributed by atoms with Gasteiger partial charge in [-0.2, -0.15) is 0 Å². The van der Waals surface area contributed by atoms with Crippen molar-refractivity contribution in [1.29, 1.82) is 0 Å². The summed E-state index contributed by atoms with van der Waals surface area (Å²) >= 11 is 12.0. The Kier molecular flexibility index (Phi) is 5.78. The van der Waals surface area contributed by atoms with E-state index in [1.807, 2.05) is 12.1 Å². The van der Waals surface area contributed by atoms with Gasteiger partial charge in [-0.1, -0.05) is 56.0 Å². The third-order valence-electron chi connectivity index (χ3n) is 2.97. The summed E-state index contributed by atoms with van der Waals surface area (Å²) in [4.78, 5) is 0. The lowest BCUT2D eigenvalue weighted by Crippen LogP contribution is -2.31. The fraction of sp³-hybridized carbons (Fsp3) is 0.571. The number of aliphatic hydroxyl groups is 1. The number of benzene rings is 1. The SMILES string of the molecule is CCCC(O)(CCC)Cc1ccc(Cl)cc1Cl. The molecule has 0 saturated heterocycles. The van der Waals surface area contributed by atoms with Crippen LogP contribution in [-0.4, -0.2) is 10.7 Å². The fourth-order valence-corrected chi connectivity index (χ4v) is 2.73. The quantitative estimate of drug-likeness (QED) is 0.785. The second-order valence-corrected chi connectivity index (χ2v) is 5.48. The first-order valence-corrected chi connectivity index (χ1v) is 6.92. The van der Waals surface area contributed by atoms with Gasteiger partial charge in [-0.15, -0.1) is 0 Å². The van der Waals surface area contributed by atoms with E-state index in [4.69, 9.17) is 23.2 Å². The third kappa shape index (κ3) is 4.50. The first kappa shape index (κ1) is 14.8. The molecule has 0 spiro atoms. The van der Waals surface area contributed by atoms with Crippen LogP contribution in [0.2, 0.25) is 10.0 Å². The summed E-state index contributed by atoms with van der Waals surface area (Å²) in [5.41, 5.74) is 0.335. The minimum absolute atomic E-state index is 0.602. The Balaban J connectivity index is 2.85. The van der Waals surface area contributed by atoms with Gasteiger partial charge in [-0.3, -0.25) is 0 Å². The van der Waals surface area contributed by atoms with E-state index in [0.717, 1.165) is 31.2 Å². The Morgan fingerprint density at radius 2 is 1.71 bits per heavy atom. The van der Waals surface area contributed by atoms with Crippen molar-refractivity contribution in [2.45, 2.75) is 51.6 Å². The van der Waals surface area contributed by atoms with Crippen LogP contribution in [0.15, 0.2) is 18.2 Å². The lowest BCUT2D eigenvalue weighted by molar-refractivity contribution is 0.0216. The van der Waals surface area contributed by atoms with Crippen molar-refractivity contribution >= 4 is 23.2 Å². The Morgan fingerprint density at radius 3 is 2.18 bits per heavy atom. The van der Waals surface area contributed by atoms with E-state index < -0.39 is 5.60 Å². The standard InChI is InChI=1S/C14H20Cl2O/c1-3-7-14(17,8-4-2)10-11-5-6-12(15)9-13(11)16/h5-6,9,17H,3-4,7-8,10H2,1-2H3. The first-order valence-electron chi connectivity index (χ1n) is 6.17. The van der Waals surface area contributed by atoms with Crippen LogP contribution in [0.4, 0.5) is 0 Å². The van der Waals surface area contributed by atoms with Crippen LogP contribution in [0.1, 0.15) is 45.1 Å². The molecular weight excluding hydrogens is 255 g/mol. The molecule has 0 aliphatic heterocycles. The molecule has 1 N–H and O–H groups in total. The molecule has 0 radical (unpaired) electrons. The normalized spacial score (nSPS) is 11.8. The average molecular weight is 275 g/mol. The number of hydrogen-bond donors (Lipinski definition) is 1. The molecule has 0 atom stereocenters. The summed E-state index contributed by atoms with van der Waals surface area (Å²) in [7, 11) is 0. The third-order valence-corrected chi connectivity index (χ3v) is 3.55. The molecule has 17 heavy (non-hydrogen) atoms. The van der Waals surface area contributed by atoms with Gasteiger partial charge in [0.1, 0.15) is 0 Å². The van der Waals surface area contributed by atoms with E-state index in [1.54, 1.807) is 6.07 Å². The molecule has 0 heterocycles. The molecule has 0 unspecified atom stereocenters. The van der Waals surface area contributed by atoms with Gasteiger partial charge in [0, 0.05) is 16.5 Å². The molecule has 3 heteroatoms. The highest BCUT2D eigenvalue weighted by atomic mass is 35.5. The second kappa shape index (κ2) is 6.63. The topological polar surface area (TPSA) is 20.2 Å². The number of hydrogen-bond acceptors (Lipinski definition) is 1. The van der Waals surface area contributed by atoms with Crippen LogP contribution < -0.4 is 0 Å². The molecule has 1 rings (SSSR count). The molecule has 0 amide bonds. The van der Waals surface area contributed by atoms with Crippen LogP contribution in [0, 0.1) is 0 Å². The molecule has 0 aromatic heterocycles. The van der Waals surface area contributed by atoms with Crippen molar-refractivity contribution in [3.63, 3.8) is 0 Å². The van der Waals surface area contributed by atoms with E-state index in [2.05, 4.69) is 13.8 Å². The van der Waals surface area contributed by atoms with Gasteiger partial charge < -0.3 is 5.11 Å². The monoisotopic (exact) mass is 274 g/mol. The highest BCUT2D eigenvalue weighted by Gasteiger charge is 2.26. The van der Waals surface area contributed by atoms with Crippen molar-refractivity contribution in [1.82, 2.24) is 0 Å². The lowest BCUT2D eigenvalue weighted by atomic mass is 9.86.